The SMILES string of the molecule is C[C@@H]1C[C@@H](C)CN(C(=O)CSCC(=O)O)C1. The number of amides is 1. The van der Waals surface area contributed by atoms with Gasteiger partial charge in [-0.2, -0.15) is 0 Å². The van der Waals surface area contributed by atoms with Crippen molar-refractivity contribution in [2.24, 2.45) is 11.8 Å². The van der Waals surface area contributed by atoms with Gasteiger partial charge >= 0.3 is 5.97 Å². The molecule has 2 atom stereocenters. The molecule has 1 amide bonds. The maximum Gasteiger partial charge on any atom is 0.313 e. The Morgan fingerprint density at radius 3 is 2.31 bits per heavy atom. The number of rotatable bonds is 4. The summed E-state index contributed by atoms with van der Waals surface area (Å²) < 4.78 is 0. The molecule has 0 radical (unpaired) electrons. The third-order valence-electron chi connectivity index (χ3n) is 2.67. The molecule has 0 aliphatic carbocycles. The van der Waals surface area contributed by atoms with E-state index in [0.717, 1.165) is 13.1 Å². The Bertz CT molecular complexity index is 260. The van der Waals surface area contributed by atoms with Crippen molar-refractivity contribution in [3.8, 4) is 0 Å². The lowest BCUT2D eigenvalue weighted by molar-refractivity contribution is -0.133. The third kappa shape index (κ3) is 4.43. The van der Waals surface area contributed by atoms with Crippen LogP contribution in [0.15, 0.2) is 0 Å². The Morgan fingerprint density at radius 1 is 1.25 bits per heavy atom. The van der Waals surface area contributed by atoms with Crippen LogP contribution in [0.5, 0.6) is 0 Å². The Morgan fingerprint density at radius 2 is 1.81 bits per heavy atom. The van der Waals surface area contributed by atoms with Gasteiger partial charge in [-0.05, 0) is 18.3 Å². The first-order valence-corrected chi connectivity index (χ1v) is 6.71. The summed E-state index contributed by atoms with van der Waals surface area (Å²) in [6.07, 6.45) is 1.17. The van der Waals surface area contributed by atoms with Crippen LogP contribution in [0.2, 0.25) is 0 Å². The molecule has 92 valence electrons. The molecule has 1 heterocycles. The fourth-order valence-electron chi connectivity index (χ4n) is 2.18. The first kappa shape index (κ1) is 13.4. The topological polar surface area (TPSA) is 57.6 Å². The standard InChI is InChI=1S/C11H19NO3S/c1-8-3-9(2)5-12(4-8)10(13)6-16-7-11(14)15/h8-9H,3-7H2,1-2H3,(H,14,15)/t8-,9-/m1/s1. The number of carbonyl (C=O) groups excluding carboxylic acids is 1. The van der Waals surface area contributed by atoms with Gasteiger partial charge in [0.05, 0.1) is 11.5 Å². The van der Waals surface area contributed by atoms with E-state index in [0.29, 0.717) is 11.8 Å². The molecule has 4 nitrogen and oxygen atoms in total. The average Bonchev–Trinajstić information content (AvgIpc) is 2.15. The molecule has 5 heteroatoms. The van der Waals surface area contributed by atoms with Crippen LogP contribution in [0.1, 0.15) is 20.3 Å². The number of carboxylic acids is 1. The van der Waals surface area contributed by atoms with Crippen LogP contribution in [0, 0.1) is 11.8 Å². The quantitative estimate of drug-likeness (QED) is 0.811. The highest BCUT2D eigenvalue weighted by atomic mass is 32.2. The molecule has 0 unspecified atom stereocenters. The lowest BCUT2D eigenvalue weighted by Crippen LogP contribution is -2.43. The first-order valence-electron chi connectivity index (χ1n) is 5.56. The fourth-order valence-corrected chi connectivity index (χ4v) is 2.82. The average molecular weight is 245 g/mol. The summed E-state index contributed by atoms with van der Waals surface area (Å²) in [5.74, 6) is 0.605. The summed E-state index contributed by atoms with van der Waals surface area (Å²) in [6.45, 7) is 5.94. The zero-order valence-electron chi connectivity index (χ0n) is 9.81. The van der Waals surface area contributed by atoms with Crippen molar-refractivity contribution in [3.05, 3.63) is 0 Å². The first-order chi connectivity index (χ1) is 7.49. The van der Waals surface area contributed by atoms with Crippen molar-refractivity contribution in [1.82, 2.24) is 4.90 Å². The number of carbonyl (C=O) groups is 2. The zero-order valence-corrected chi connectivity index (χ0v) is 10.6. The monoisotopic (exact) mass is 245 g/mol. The summed E-state index contributed by atoms with van der Waals surface area (Å²) in [5, 5.41) is 8.48. The van der Waals surface area contributed by atoms with Gasteiger partial charge in [-0.15, -0.1) is 11.8 Å². The second-order valence-corrected chi connectivity index (χ2v) is 5.62. The number of hydrogen-bond acceptors (Lipinski definition) is 3. The largest absolute Gasteiger partial charge is 0.481 e. The van der Waals surface area contributed by atoms with E-state index in [-0.39, 0.29) is 17.4 Å². The van der Waals surface area contributed by atoms with E-state index in [2.05, 4.69) is 13.8 Å². The summed E-state index contributed by atoms with van der Waals surface area (Å²) in [5.41, 5.74) is 0. The molecule has 1 rings (SSSR count). The molecule has 0 bridgehead atoms. The highest BCUT2D eigenvalue weighted by Gasteiger charge is 2.25. The van der Waals surface area contributed by atoms with Crippen molar-refractivity contribution in [1.29, 1.82) is 0 Å². The second kappa shape index (κ2) is 6.13. The van der Waals surface area contributed by atoms with E-state index >= 15 is 0 Å². The minimum atomic E-state index is -0.863. The van der Waals surface area contributed by atoms with Crippen LogP contribution < -0.4 is 0 Å². The fraction of sp³-hybridized carbons (Fsp3) is 0.818. The lowest BCUT2D eigenvalue weighted by atomic mass is 9.92. The minimum Gasteiger partial charge on any atom is -0.481 e. The van der Waals surface area contributed by atoms with Gasteiger partial charge in [-0.25, -0.2) is 0 Å². The third-order valence-corrected chi connectivity index (χ3v) is 3.57. The van der Waals surface area contributed by atoms with Crippen LogP contribution >= 0.6 is 11.8 Å². The van der Waals surface area contributed by atoms with Crippen LogP contribution in [0.25, 0.3) is 0 Å². The number of piperidine rings is 1. The zero-order chi connectivity index (χ0) is 12.1. The highest BCUT2D eigenvalue weighted by molar-refractivity contribution is 8.00. The molecule has 1 aliphatic heterocycles. The number of likely N-dealkylation sites (tertiary alicyclic amines) is 1. The Hall–Kier alpha value is -0.710. The van der Waals surface area contributed by atoms with E-state index in [1.807, 2.05) is 4.90 Å². The molecular formula is C11H19NO3S. The van der Waals surface area contributed by atoms with E-state index in [9.17, 15) is 9.59 Å². The minimum absolute atomic E-state index is 0.00465. The molecule has 1 saturated heterocycles. The number of carboxylic acid groups (broad SMARTS) is 1. The van der Waals surface area contributed by atoms with Crippen LogP contribution in [-0.4, -0.2) is 46.5 Å². The van der Waals surface area contributed by atoms with E-state index < -0.39 is 5.97 Å². The predicted molar refractivity (Wildman–Crippen MR) is 64.5 cm³/mol. The Kier molecular flexibility index (Phi) is 5.12. The lowest BCUT2D eigenvalue weighted by Gasteiger charge is -2.35. The van der Waals surface area contributed by atoms with E-state index in [1.54, 1.807) is 0 Å². The second-order valence-electron chi connectivity index (χ2n) is 4.63. The molecule has 0 aromatic carbocycles. The van der Waals surface area contributed by atoms with Gasteiger partial charge in [-0.3, -0.25) is 9.59 Å². The summed E-state index contributed by atoms with van der Waals surface area (Å²) in [4.78, 5) is 24.0. The van der Waals surface area contributed by atoms with Crippen LogP contribution in [0.3, 0.4) is 0 Å². The Balaban J connectivity index is 2.32. The normalized spacial score (nSPS) is 25.5. The molecule has 0 aromatic rings. The molecule has 0 spiro atoms. The number of aliphatic carboxylic acids is 1. The smallest absolute Gasteiger partial charge is 0.313 e. The van der Waals surface area contributed by atoms with Gasteiger partial charge in [0, 0.05) is 13.1 Å². The van der Waals surface area contributed by atoms with Crippen molar-refractivity contribution in [2.45, 2.75) is 20.3 Å². The summed E-state index contributed by atoms with van der Waals surface area (Å²) in [7, 11) is 0. The highest BCUT2D eigenvalue weighted by Crippen LogP contribution is 2.21. The molecule has 1 fully saturated rings. The van der Waals surface area contributed by atoms with Gasteiger partial charge in [0.1, 0.15) is 0 Å². The van der Waals surface area contributed by atoms with Crippen LogP contribution in [-0.2, 0) is 9.59 Å². The van der Waals surface area contributed by atoms with Gasteiger partial charge in [0.25, 0.3) is 0 Å². The van der Waals surface area contributed by atoms with Crippen molar-refractivity contribution in [3.63, 3.8) is 0 Å². The number of nitrogens with zero attached hydrogens (tertiary/aromatic N) is 1. The van der Waals surface area contributed by atoms with E-state index in [4.69, 9.17) is 5.11 Å². The van der Waals surface area contributed by atoms with Crippen molar-refractivity contribution >= 4 is 23.6 Å². The molecular weight excluding hydrogens is 226 g/mol. The molecule has 1 N–H and O–H groups in total. The number of thioether (sulfide) groups is 1. The molecule has 1 aliphatic rings. The maximum atomic E-state index is 11.8. The summed E-state index contributed by atoms with van der Waals surface area (Å²) in [6, 6.07) is 0. The maximum absolute atomic E-state index is 11.8. The molecule has 0 saturated carbocycles. The Labute approximate surface area is 100 Å². The van der Waals surface area contributed by atoms with Gasteiger partial charge < -0.3 is 10.0 Å². The summed E-state index contributed by atoms with van der Waals surface area (Å²) >= 11 is 1.17. The van der Waals surface area contributed by atoms with Gasteiger partial charge in [-0.1, -0.05) is 13.8 Å². The molecule has 16 heavy (non-hydrogen) atoms. The van der Waals surface area contributed by atoms with Crippen molar-refractivity contribution < 1.29 is 14.7 Å². The van der Waals surface area contributed by atoms with Crippen molar-refractivity contribution in [2.75, 3.05) is 24.6 Å². The number of hydrogen-bond donors (Lipinski definition) is 1. The predicted octanol–water partition coefficient (Wildman–Crippen LogP) is 1.31. The van der Waals surface area contributed by atoms with E-state index in [1.165, 1.54) is 18.2 Å². The van der Waals surface area contributed by atoms with Gasteiger partial charge in [0.2, 0.25) is 5.91 Å². The molecule has 0 aromatic heterocycles. The van der Waals surface area contributed by atoms with Gasteiger partial charge in [0.15, 0.2) is 0 Å². The van der Waals surface area contributed by atoms with Crippen LogP contribution in [0.4, 0.5) is 0 Å².